The number of hydrogen-bond donors (Lipinski definition) is 0. The maximum Gasteiger partial charge on any atom is 0.341 e. The standard InChI is InChI=1S/C19H15FO6/c1-23-12-4-6-15(16(20)8-12)19(22)25-10-11-7-18(21)26-17-9-13(24-2)3-5-14(11)17/h3-9H,10H2,1-2H3. The molecule has 134 valence electrons. The molecule has 0 aliphatic rings. The Kier molecular flexibility index (Phi) is 4.88. The minimum atomic E-state index is -0.847. The summed E-state index contributed by atoms with van der Waals surface area (Å²) in [4.78, 5) is 23.9. The van der Waals surface area contributed by atoms with Crippen LogP contribution < -0.4 is 15.1 Å². The molecule has 1 aromatic heterocycles. The summed E-state index contributed by atoms with van der Waals surface area (Å²) in [6, 6.07) is 10.00. The molecule has 2 aromatic carbocycles. The number of rotatable bonds is 5. The highest BCUT2D eigenvalue weighted by atomic mass is 19.1. The number of benzene rings is 2. The van der Waals surface area contributed by atoms with Gasteiger partial charge in [-0.1, -0.05) is 0 Å². The first-order valence-electron chi connectivity index (χ1n) is 7.63. The number of halogens is 1. The van der Waals surface area contributed by atoms with Gasteiger partial charge in [-0.3, -0.25) is 0 Å². The van der Waals surface area contributed by atoms with Crippen molar-refractivity contribution in [2.45, 2.75) is 6.61 Å². The molecule has 0 aliphatic carbocycles. The highest BCUT2D eigenvalue weighted by Crippen LogP contribution is 2.23. The maximum atomic E-state index is 14.0. The fourth-order valence-electron chi connectivity index (χ4n) is 2.47. The van der Waals surface area contributed by atoms with Gasteiger partial charge in [-0.15, -0.1) is 0 Å². The van der Waals surface area contributed by atoms with Crippen molar-refractivity contribution in [2.75, 3.05) is 14.2 Å². The Morgan fingerprint density at radius 3 is 2.42 bits per heavy atom. The van der Waals surface area contributed by atoms with Crippen LogP contribution in [-0.2, 0) is 11.3 Å². The average Bonchev–Trinajstić information content (AvgIpc) is 2.64. The number of esters is 1. The van der Waals surface area contributed by atoms with Gasteiger partial charge < -0.3 is 18.6 Å². The number of carbonyl (C=O) groups is 1. The molecule has 0 unspecified atom stereocenters. The summed E-state index contributed by atoms with van der Waals surface area (Å²) < 4.78 is 34.2. The predicted molar refractivity (Wildman–Crippen MR) is 91.1 cm³/mol. The molecule has 0 N–H and O–H groups in total. The summed E-state index contributed by atoms with van der Waals surface area (Å²) >= 11 is 0. The van der Waals surface area contributed by atoms with E-state index >= 15 is 0 Å². The Morgan fingerprint density at radius 1 is 1.04 bits per heavy atom. The Balaban J connectivity index is 1.85. The van der Waals surface area contributed by atoms with Crippen LogP contribution in [0.1, 0.15) is 15.9 Å². The van der Waals surface area contributed by atoms with E-state index in [2.05, 4.69) is 0 Å². The van der Waals surface area contributed by atoms with Gasteiger partial charge in [0.1, 0.15) is 29.5 Å². The van der Waals surface area contributed by atoms with E-state index in [4.69, 9.17) is 18.6 Å². The van der Waals surface area contributed by atoms with E-state index in [1.165, 1.54) is 32.4 Å². The zero-order valence-electron chi connectivity index (χ0n) is 14.1. The van der Waals surface area contributed by atoms with Gasteiger partial charge in [0.15, 0.2) is 0 Å². The monoisotopic (exact) mass is 358 g/mol. The zero-order valence-corrected chi connectivity index (χ0v) is 14.1. The normalized spacial score (nSPS) is 10.6. The van der Waals surface area contributed by atoms with Gasteiger partial charge in [0, 0.05) is 29.1 Å². The summed E-state index contributed by atoms with van der Waals surface area (Å²) in [5, 5.41) is 0.591. The molecule has 1 heterocycles. The van der Waals surface area contributed by atoms with Gasteiger partial charge in [-0.25, -0.2) is 14.0 Å². The molecule has 0 saturated heterocycles. The van der Waals surface area contributed by atoms with E-state index in [9.17, 15) is 14.0 Å². The molecule has 0 radical (unpaired) electrons. The number of fused-ring (bicyclic) bond motifs is 1. The van der Waals surface area contributed by atoms with Crippen molar-refractivity contribution in [1.29, 1.82) is 0 Å². The molecular formula is C19H15FO6. The van der Waals surface area contributed by atoms with Crippen molar-refractivity contribution >= 4 is 16.9 Å². The third kappa shape index (κ3) is 3.51. The van der Waals surface area contributed by atoms with Crippen molar-refractivity contribution in [3.05, 3.63) is 69.8 Å². The van der Waals surface area contributed by atoms with Gasteiger partial charge >= 0.3 is 11.6 Å². The van der Waals surface area contributed by atoms with Gasteiger partial charge in [0.25, 0.3) is 0 Å². The molecule has 6 nitrogen and oxygen atoms in total. The van der Waals surface area contributed by atoms with E-state index in [0.29, 0.717) is 28.0 Å². The van der Waals surface area contributed by atoms with Crippen LogP contribution in [0, 0.1) is 5.82 Å². The second-order valence-electron chi connectivity index (χ2n) is 5.37. The summed E-state index contributed by atoms with van der Waals surface area (Å²) in [5.74, 6) is -0.786. The second kappa shape index (κ2) is 7.26. The number of ether oxygens (including phenoxy) is 3. The smallest absolute Gasteiger partial charge is 0.341 e. The Bertz CT molecular complexity index is 1020. The summed E-state index contributed by atoms with van der Waals surface area (Å²) in [6.07, 6.45) is 0. The SMILES string of the molecule is COc1ccc(C(=O)OCc2cc(=O)oc3cc(OC)ccc23)c(F)c1. The van der Waals surface area contributed by atoms with E-state index in [1.807, 2.05) is 0 Å². The molecule has 3 aromatic rings. The van der Waals surface area contributed by atoms with E-state index < -0.39 is 17.4 Å². The van der Waals surface area contributed by atoms with Crippen LogP contribution in [0.15, 0.2) is 51.7 Å². The number of methoxy groups -OCH3 is 2. The molecule has 3 rings (SSSR count). The topological polar surface area (TPSA) is 75.0 Å². The summed E-state index contributed by atoms with van der Waals surface area (Å²) in [7, 11) is 2.89. The largest absolute Gasteiger partial charge is 0.497 e. The molecule has 0 atom stereocenters. The Hall–Kier alpha value is -3.35. The van der Waals surface area contributed by atoms with E-state index in [1.54, 1.807) is 18.2 Å². The van der Waals surface area contributed by atoms with Crippen LogP contribution in [0.2, 0.25) is 0 Å². The Morgan fingerprint density at radius 2 is 1.73 bits per heavy atom. The van der Waals surface area contributed by atoms with Crippen LogP contribution >= 0.6 is 0 Å². The average molecular weight is 358 g/mol. The Labute approximate surface area is 147 Å². The van der Waals surface area contributed by atoms with Crippen molar-refractivity contribution in [3.8, 4) is 11.5 Å². The molecule has 0 amide bonds. The third-order valence-corrected chi connectivity index (χ3v) is 3.79. The molecule has 0 fully saturated rings. The highest BCUT2D eigenvalue weighted by Gasteiger charge is 2.15. The number of carbonyl (C=O) groups excluding carboxylic acids is 1. The van der Waals surface area contributed by atoms with Crippen molar-refractivity contribution in [2.24, 2.45) is 0 Å². The lowest BCUT2D eigenvalue weighted by molar-refractivity contribution is 0.0468. The zero-order chi connectivity index (χ0) is 18.7. The second-order valence-corrected chi connectivity index (χ2v) is 5.37. The molecule has 0 aliphatic heterocycles. The van der Waals surface area contributed by atoms with Crippen molar-refractivity contribution in [1.82, 2.24) is 0 Å². The van der Waals surface area contributed by atoms with Crippen molar-refractivity contribution in [3.63, 3.8) is 0 Å². The lowest BCUT2D eigenvalue weighted by Gasteiger charge is -2.09. The predicted octanol–water partition coefficient (Wildman–Crippen LogP) is 3.31. The van der Waals surface area contributed by atoms with Gasteiger partial charge in [-0.05, 0) is 24.3 Å². The summed E-state index contributed by atoms with van der Waals surface area (Å²) in [5.41, 5.74) is -0.0631. The molecule has 7 heteroatoms. The minimum Gasteiger partial charge on any atom is -0.497 e. The first kappa shape index (κ1) is 17.5. The third-order valence-electron chi connectivity index (χ3n) is 3.79. The van der Waals surface area contributed by atoms with Crippen molar-refractivity contribution < 1.29 is 27.8 Å². The first-order valence-corrected chi connectivity index (χ1v) is 7.63. The van der Waals surface area contributed by atoms with Gasteiger partial charge in [-0.2, -0.15) is 0 Å². The molecule has 0 bridgehead atoms. The van der Waals surface area contributed by atoms with Crippen LogP contribution in [-0.4, -0.2) is 20.2 Å². The molecule has 26 heavy (non-hydrogen) atoms. The van der Waals surface area contributed by atoms with Crippen LogP contribution in [0.5, 0.6) is 11.5 Å². The lowest BCUT2D eigenvalue weighted by atomic mass is 10.1. The van der Waals surface area contributed by atoms with Gasteiger partial charge in [0.2, 0.25) is 0 Å². The fourth-order valence-corrected chi connectivity index (χ4v) is 2.47. The van der Waals surface area contributed by atoms with E-state index in [-0.39, 0.29) is 12.2 Å². The minimum absolute atomic E-state index is 0.210. The quantitative estimate of drug-likeness (QED) is 0.515. The van der Waals surface area contributed by atoms with E-state index in [0.717, 1.165) is 6.07 Å². The van der Waals surface area contributed by atoms with Gasteiger partial charge in [0.05, 0.1) is 19.8 Å². The molecule has 0 saturated carbocycles. The van der Waals surface area contributed by atoms with Crippen LogP contribution in [0.3, 0.4) is 0 Å². The molecular weight excluding hydrogens is 343 g/mol. The number of hydrogen-bond acceptors (Lipinski definition) is 6. The van der Waals surface area contributed by atoms with Crippen LogP contribution in [0.4, 0.5) is 4.39 Å². The highest BCUT2D eigenvalue weighted by molar-refractivity contribution is 5.90. The fraction of sp³-hybridized carbons (Fsp3) is 0.158. The van der Waals surface area contributed by atoms with Crippen LogP contribution in [0.25, 0.3) is 11.0 Å². The first-order chi connectivity index (χ1) is 12.5. The summed E-state index contributed by atoms with van der Waals surface area (Å²) in [6.45, 7) is -0.210. The molecule has 0 spiro atoms. The maximum absolute atomic E-state index is 14.0. The lowest BCUT2D eigenvalue weighted by Crippen LogP contribution is -2.09.